The van der Waals surface area contributed by atoms with Crippen LogP contribution in [0.1, 0.15) is 66.4 Å². The van der Waals surface area contributed by atoms with Crippen LogP contribution < -0.4 is 10.6 Å². The van der Waals surface area contributed by atoms with Gasteiger partial charge in [0.05, 0.1) is 18.8 Å². The lowest BCUT2D eigenvalue weighted by Crippen LogP contribution is -2.49. The number of carbonyl (C=O) groups excluding carboxylic acids is 1. The van der Waals surface area contributed by atoms with Crippen LogP contribution in [0.15, 0.2) is 30.3 Å². The van der Waals surface area contributed by atoms with Gasteiger partial charge in [0.15, 0.2) is 5.78 Å². The fourth-order valence-electron chi connectivity index (χ4n) is 6.52. The molecule has 0 saturated carbocycles. The smallest absolute Gasteiger partial charge is 0.195 e. The number of carbonyl (C=O) groups is 1. The maximum Gasteiger partial charge on any atom is 0.195 e. The molecule has 6 heteroatoms. The molecule has 6 nitrogen and oxygen atoms in total. The number of rotatable bonds is 3. The number of anilines is 2. The number of aryl methyl sites for hydroxylation is 1. The van der Waals surface area contributed by atoms with Crippen LogP contribution in [-0.4, -0.2) is 61.1 Å². The quantitative estimate of drug-likeness (QED) is 0.550. The number of ether oxygens (including phenoxy) is 1. The van der Waals surface area contributed by atoms with Gasteiger partial charge >= 0.3 is 0 Å². The largest absolute Gasteiger partial charge is 0.399 e. The van der Waals surface area contributed by atoms with Crippen molar-refractivity contribution < 1.29 is 9.53 Å². The number of aromatic nitrogens is 1. The zero-order valence-electron chi connectivity index (χ0n) is 21.1. The number of hydrogen-bond donors (Lipinski definition) is 2. The molecule has 3 aromatic rings. The van der Waals surface area contributed by atoms with E-state index in [0.717, 1.165) is 79.1 Å². The second kappa shape index (κ2) is 8.38. The summed E-state index contributed by atoms with van der Waals surface area (Å²) < 4.78 is 5.55. The van der Waals surface area contributed by atoms with Crippen LogP contribution >= 0.6 is 0 Å². The number of fused-ring (bicyclic) bond motifs is 4. The first-order chi connectivity index (χ1) is 16.9. The molecular formula is C29H36N4O2. The van der Waals surface area contributed by atoms with E-state index in [0.29, 0.717) is 11.7 Å². The van der Waals surface area contributed by atoms with Crippen molar-refractivity contribution in [1.29, 1.82) is 0 Å². The molecule has 1 aromatic heterocycles. The van der Waals surface area contributed by atoms with Gasteiger partial charge in [0.25, 0.3) is 0 Å². The average molecular weight is 473 g/mol. The van der Waals surface area contributed by atoms with Gasteiger partial charge in [-0.1, -0.05) is 26.8 Å². The Balaban J connectivity index is 1.37. The van der Waals surface area contributed by atoms with Crippen molar-refractivity contribution in [3.05, 3.63) is 58.3 Å². The number of nitrogen functional groups attached to an aromatic ring is 1. The number of hydrogen-bond acceptors (Lipinski definition) is 5. The van der Waals surface area contributed by atoms with Crippen LogP contribution in [0.5, 0.6) is 0 Å². The summed E-state index contributed by atoms with van der Waals surface area (Å²) in [5, 5.41) is 0.963. The van der Waals surface area contributed by atoms with E-state index in [1.54, 1.807) is 0 Å². The van der Waals surface area contributed by atoms with Gasteiger partial charge in [-0.05, 0) is 54.7 Å². The zero-order chi connectivity index (χ0) is 24.3. The van der Waals surface area contributed by atoms with E-state index in [2.05, 4.69) is 47.7 Å². The molecule has 0 amide bonds. The standard InChI is InChI=1S/C29H36N4O2/c1-4-18-15-22-23(17-25(18)33-9-7-20(8-10-33)32-11-13-35-14-12-32)29(2,3)28-26(27(22)34)21-6-5-19(30)16-24(21)31-28/h5-6,15-17,20,31H,4,7-14,30H2,1-3H3. The summed E-state index contributed by atoms with van der Waals surface area (Å²) in [4.78, 5) is 22.6. The van der Waals surface area contributed by atoms with Crippen molar-refractivity contribution in [3.63, 3.8) is 0 Å². The Hall–Kier alpha value is -2.83. The van der Waals surface area contributed by atoms with Gasteiger partial charge in [0.1, 0.15) is 0 Å². The number of nitrogens with one attached hydrogen (secondary N) is 1. The Labute approximate surface area is 207 Å². The summed E-state index contributed by atoms with van der Waals surface area (Å²) in [6.07, 6.45) is 3.27. The number of benzene rings is 2. The molecule has 184 valence electrons. The van der Waals surface area contributed by atoms with Crippen LogP contribution in [0, 0.1) is 0 Å². The molecule has 6 rings (SSSR count). The minimum absolute atomic E-state index is 0.123. The molecule has 0 spiro atoms. The first-order valence-corrected chi connectivity index (χ1v) is 13.1. The Morgan fingerprint density at radius 2 is 1.83 bits per heavy atom. The van der Waals surface area contributed by atoms with Crippen molar-refractivity contribution in [2.45, 2.75) is 51.5 Å². The van der Waals surface area contributed by atoms with E-state index in [1.165, 1.54) is 24.1 Å². The summed E-state index contributed by atoms with van der Waals surface area (Å²) in [5.74, 6) is 0.123. The summed E-state index contributed by atoms with van der Waals surface area (Å²) >= 11 is 0. The van der Waals surface area contributed by atoms with Crippen LogP contribution in [0.4, 0.5) is 11.4 Å². The molecule has 0 radical (unpaired) electrons. The number of piperidine rings is 1. The minimum Gasteiger partial charge on any atom is -0.399 e. The molecule has 3 aliphatic rings. The van der Waals surface area contributed by atoms with E-state index in [-0.39, 0.29) is 11.2 Å². The predicted molar refractivity (Wildman–Crippen MR) is 142 cm³/mol. The van der Waals surface area contributed by atoms with Gasteiger partial charge in [0.2, 0.25) is 0 Å². The molecule has 2 aromatic carbocycles. The van der Waals surface area contributed by atoms with Crippen molar-refractivity contribution >= 4 is 28.1 Å². The zero-order valence-corrected chi connectivity index (χ0v) is 21.1. The molecule has 3 heterocycles. The predicted octanol–water partition coefficient (Wildman–Crippen LogP) is 4.48. The number of morpholine rings is 1. The Morgan fingerprint density at radius 1 is 1.09 bits per heavy atom. The fourth-order valence-corrected chi connectivity index (χ4v) is 6.52. The van der Waals surface area contributed by atoms with E-state index in [1.807, 2.05) is 18.2 Å². The van der Waals surface area contributed by atoms with E-state index in [4.69, 9.17) is 10.5 Å². The van der Waals surface area contributed by atoms with Crippen LogP contribution in [0.3, 0.4) is 0 Å². The summed E-state index contributed by atoms with van der Waals surface area (Å²) in [7, 11) is 0. The lowest BCUT2D eigenvalue weighted by atomic mass is 9.70. The van der Waals surface area contributed by atoms with Crippen LogP contribution in [0.25, 0.3) is 10.9 Å². The number of nitrogens with two attached hydrogens (primary N) is 1. The Morgan fingerprint density at radius 3 is 2.54 bits per heavy atom. The van der Waals surface area contributed by atoms with Gasteiger partial charge in [0, 0.05) is 71.2 Å². The number of ketones is 1. The van der Waals surface area contributed by atoms with E-state index >= 15 is 0 Å². The van der Waals surface area contributed by atoms with Gasteiger partial charge in [-0.25, -0.2) is 0 Å². The molecule has 0 unspecified atom stereocenters. The lowest BCUT2D eigenvalue weighted by Gasteiger charge is -2.42. The molecule has 1 aliphatic carbocycles. The molecule has 2 fully saturated rings. The van der Waals surface area contributed by atoms with Gasteiger partial charge in [-0.3, -0.25) is 9.69 Å². The summed E-state index contributed by atoms with van der Waals surface area (Å²) in [6, 6.07) is 11.0. The molecule has 2 saturated heterocycles. The fraction of sp³-hybridized carbons (Fsp3) is 0.483. The van der Waals surface area contributed by atoms with E-state index in [9.17, 15) is 4.79 Å². The Bertz CT molecular complexity index is 1290. The van der Waals surface area contributed by atoms with E-state index < -0.39 is 0 Å². The van der Waals surface area contributed by atoms with Crippen molar-refractivity contribution in [1.82, 2.24) is 9.88 Å². The van der Waals surface area contributed by atoms with Crippen molar-refractivity contribution in [2.75, 3.05) is 50.0 Å². The third kappa shape index (κ3) is 3.57. The first-order valence-electron chi connectivity index (χ1n) is 13.1. The van der Waals surface area contributed by atoms with Gasteiger partial charge in [-0.2, -0.15) is 0 Å². The number of aromatic amines is 1. The number of H-pyrrole nitrogens is 1. The van der Waals surface area contributed by atoms with Crippen LogP contribution in [0.2, 0.25) is 0 Å². The molecular weight excluding hydrogens is 436 g/mol. The molecule has 2 aliphatic heterocycles. The maximum atomic E-state index is 13.8. The third-order valence-electron chi connectivity index (χ3n) is 8.56. The second-order valence-electron chi connectivity index (χ2n) is 10.9. The normalized spacial score (nSPS) is 20.8. The molecule has 3 N–H and O–H groups in total. The topological polar surface area (TPSA) is 74.6 Å². The van der Waals surface area contributed by atoms with Gasteiger partial charge < -0.3 is 20.4 Å². The Kier molecular flexibility index (Phi) is 5.42. The molecule has 35 heavy (non-hydrogen) atoms. The first kappa shape index (κ1) is 22.6. The van der Waals surface area contributed by atoms with Crippen molar-refractivity contribution in [3.8, 4) is 0 Å². The van der Waals surface area contributed by atoms with Crippen LogP contribution in [-0.2, 0) is 16.6 Å². The minimum atomic E-state index is -0.306. The summed E-state index contributed by atoms with van der Waals surface area (Å²) in [6.45, 7) is 12.6. The second-order valence-corrected chi connectivity index (χ2v) is 10.9. The lowest BCUT2D eigenvalue weighted by molar-refractivity contribution is 0.0115. The summed E-state index contributed by atoms with van der Waals surface area (Å²) in [5.41, 5.74) is 13.7. The third-order valence-corrected chi connectivity index (χ3v) is 8.56. The van der Waals surface area contributed by atoms with Gasteiger partial charge in [-0.15, -0.1) is 0 Å². The monoisotopic (exact) mass is 472 g/mol. The molecule has 0 atom stereocenters. The van der Waals surface area contributed by atoms with Crippen molar-refractivity contribution in [2.24, 2.45) is 0 Å². The molecule has 0 bridgehead atoms. The highest BCUT2D eigenvalue weighted by Gasteiger charge is 2.40. The SMILES string of the molecule is CCc1cc2c(cc1N1CCC(N3CCOCC3)CC1)C(C)(C)c1[nH]c3cc(N)ccc3c1C2=O. The maximum absolute atomic E-state index is 13.8. The highest BCUT2D eigenvalue weighted by molar-refractivity contribution is 6.20. The average Bonchev–Trinajstić information content (AvgIpc) is 3.27. The number of nitrogens with zero attached hydrogens (tertiary/aromatic N) is 2. The highest BCUT2D eigenvalue weighted by atomic mass is 16.5. The highest BCUT2D eigenvalue weighted by Crippen LogP contribution is 2.46.